The fourth-order valence-electron chi connectivity index (χ4n) is 9.17. The Labute approximate surface area is 449 Å². The van der Waals surface area contributed by atoms with Crippen molar-refractivity contribution in [3.05, 3.63) is 183 Å². The molecule has 2 amide bonds. The number of carbonyl (C=O) groups excluding carboxylic acids is 2. The molecular formula is C52H44Br2Cl4N6O4S2. The number of thiophene rings is 2. The van der Waals surface area contributed by atoms with Gasteiger partial charge in [0.25, 0.3) is 0 Å². The number of aliphatic hydroxyl groups is 2. The van der Waals surface area contributed by atoms with Crippen molar-refractivity contribution in [1.29, 1.82) is 0 Å². The maximum absolute atomic E-state index is 13.5. The Morgan fingerprint density at radius 1 is 0.600 bits per heavy atom. The number of carbonyl (C=O) groups is 2. The zero-order chi connectivity index (χ0) is 49.1. The smallest absolute Gasteiger partial charge is 0.229 e. The second kappa shape index (κ2) is 22.6. The molecule has 10 nitrogen and oxygen atoms in total. The van der Waals surface area contributed by atoms with E-state index < -0.39 is 23.9 Å². The van der Waals surface area contributed by atoms with E-state index in [9.17, 15) is 19.8 Å². The lowest BCUT2D eigenvalue weighted by molar-refractivity contribution is -0.124. The molecule has 0 aliphatic heterocycles. The van der Waals surface area contributed by atoms with Crippen molar-refractivity contribution in [1.82, 2.24) is 30.2 Å². The molecule has 10 rings (SSSR count). The van der Waals surface area contributed by atoms with E-state index in [1.807, 2.05) is 106 Å². The van der Waals surface area contributed by atoms with Crippen molar-refractivity contribution >= 4 is 113 Å². The summed E-state index contributed by atoms with van der Waals surface area (Å²) in [6.07, 6.45) is 4.73. The predicted molar refractivity (Wildman–Crippen MR) is 289 cm³/mol. The summed E-state index contributed by atoms with van der Waals surface area (Å²) in [5, 5.41) is 38.0. The van der Waals surface area contributed by atoms with Crippen LogP contribution in [0.2, 0.25) is 20.1 Å². The van der Waals surface area contributed by atoms with Gasteiger partial charge in [0.1, 0.15) is 0 Å². The molecule has 18 heteroatoms. The van der Waals surface area contributed by atoms with Gasteiger partial charge < -0.3 is 20.8 Å². The zero-order valence-corrected chi connectivity index (χ0v) is 44.9. The first kappa shape index (κ1) is 50.6. The first-order valence-corrected chi connectivity index (χ1v) is 27.2. The zero-order valence-electron chi connectivity index (χ0n) is 37.1. The molecule has 0 saturated heterocycles. The normalized spacial score (nSPS) is 16.1. The van der Waals surface area contributed by atoms with Gasteiger partial charge in [0.15, 0.2) is 0 Å². The second-order valence-electron chi connectivity index (χ2n) is 16.8. The molecule has 0 bridgehead atoms. The highest BCUT2D eigenvalue weighted by Gasteiger charge is 2.37. The van der Waals surface area contributed by atoms with Crippen LogP contribution in [0.25, 0.3) is 32.5 Å². The Morgan fingerprint density at radius 3 is 1.34 bits per heavy atom. The summed E-state index contributed by atoms with van der Waals surface area (Å²) in [6.45, 7) is -0.364. The summed E-state index contributed by atoms with van der Waals surface area (Å²) in [4.78, 5) is 29.1. The van der Waals surface area contributed by atoms with Crippen LogP contribution in [0.5, 0.6) is 0 Å². The van der Waals surface area contributed by atoms with Gasteiger partial charge in [-0.1, -0.05) is 107 Å². The number of aliphatic hydroxyl groups excluding tert-OH is 2. The van der Waals surface area contributed by atoms with Gasteiger partial charge in [-0.15, -0.1) is 22.7 Å². The molecule has 360 valence electrons. The highest BCUT2D eigenvalue weighted by atomic mass is 79.9. The molecule has 0 saturated carbocycles. The fourth-order valence-corrected chi connectivity index (χ4v) is 13.0. The topological polar surface area (TPSA) is 134 Å². The van der Waals surface area contributed by atoms with E-state index in [4.69, 9.17) is 56.6 Å². The molecule has 70 heavy (non-hydrogen) atoms. The molecule has 0 fully saturated rings. The Bertz CT molecular complexity index is 2950. The van der Waals surface area contributed by atoms with Crippen LogP contribution in [0, 0.1) is 0 Å². The number of halogens is 6. The molecule has 2 aliphatic carbocycles. The SMILES string of the molecule is O=C(N[C@@H](CO)c1ccccc1)[C@@H]1CCCc2c1nn(-c1ccc(Cl)cc1Cl)c2-c1ccc(Br)s1.O=C(N[C@@H](CO)c1ccccc1)[C@H]1CCCc2c1nn(-c1ccc(Cl)cc1Cl)c2-c1ccc(Br)s1. The molecule has 8 aromatic rings. The van der Waals surface area contributed by atoms with Crippen molar-refractivity contribution in [3.63, 3.8) is 0 Å². The molecule has 4 atom stereocenters. The molecule has 4 aromatic heterocycles. The highest BCUT2D eigenvalue weighted by molar-refractivity contribution is 9.11. The minimum atomic E-state index is -0.477. The van der Waals surface area contributed by atoms with Gasteiger partial charge in [0, 0.05) is 21.2 Å². The van der Waals surface area contributed by atoms with E-state index >= 15 is 0 Å². The number of rotatable bonds is 12. The van der Waals surface area contributed by atoms with E-state index in [0.29, 0.717) is 44.3 Å². The predicted octanol–water partition coefficient (Wildman–Crippen LogP) is 13.9. The van der Waals surface area contributed by atoms with Gasteiger partial charge in [-0.2, -0.15) is 10.2 Å². The van der Waals surface area contributed by atoms with Crippen LogP contribution in [-0.2, 0) is 22.4 Å². The first-order valence-electron chi connectivity index (χ1n) is 22.5. The maximum Gasteiger partial charge on any atom is 0.229 e. The Hall–Kier alpha value is -4.32. The molecule has 0 unspecified atom stereocenters. The Morgan fingerprint density at radius 2 is 1.00 bits per heavy atom. The lowest BCUT2D eigenvalue weighted by Gasteiger charge is -2.24. The van der Waals surface area contributed by atoms with Crippen LogP contribution in [0.4, 0.5) is 0 Å². The fraction of sp³-hybridized carbons (Fsp3) is 0.231. The van der Waals surface area contributed by atoms with Crippen LogP contribution in [0.3, 0.4) is 0 Å². The molecule has 0 radical (unpaired) electrons. The van der Waals surface area contributed by atoms with Crippen LogP contribution in [-0.4, -0.2) is 54.8 Å². The van der Waals surface area contributed by atoms with Gasteiger partial charge in [0.2, 0.25) is 11.8 Å². The van der Waals surface area contributed by atoms with E-state index in [1.54, 1.807) is 46.9 Å². The third-order valence-electron chi connectivity index (χ3n) is 12.5. The summed E-state index contributed by atoms with van der Waals surface area (Å²) in [5.74, 6) is -1.13. The maximum atomic E-state index is 13.5. The van der Waals surface area contributed by atoms with Gasteiger partial charge in [-0.05, 0) is 142 Å². The lowest BCUT2D eigenvalue weighted by Crippen LogP contribution is -2.36. The number of hydrogen-bond donors (Lipinski definition) is 4. The van der Waals surface area contributed by atoms with Crippen molar-refractivity contribution in [2.75, 3.05) is 13.2 Å². The van der Waals surface area contributed by atoms with Gasteiger partial charge >= 0.3 is 0 Å². The summed E-state index contributed by atoms with van der Waals surface area (Å²) in [7, 11) is 0. The van der Waals surface area contributed by atoms with Crippen LogP contribution >= 0.6 is 101 Å². The summed E-state index contributed by atoms with van der Waals surface area (Å²) < 4.78 is 5.70. The van der Waals surface area contributed by atoms with Crippen molar-refractivity contribution in [3.8, 4) is 32.5 Å². The number of amides is 2. The summed E-state index contributed by atoms with van der Waals surface area (Å²) in [6, 6.07) is 36.8. The van der Waals surface area contributed by atoms with Crippen molar-refractivity contribution in [2.45, 2.75) is 62.4 Å². The molecule has 4 heterocycles. The second-order valence-corrected chi connectivity index (χ2v) is 23.5. The molecular weight excluding hydrogens is 1140 g/mol. The first-order chi connectivity index (χ1) is 33.9. The van der Waals surface area contributed by atoms with E-state index in [2.05, 4.69) is 42.5 Å². The number of fused-ring (bicyclic) bond motifs is 2. The number of nitrogens with one attached hydrogen (secondary N) is 2. The van der Waals surface area contributed by atoms with E-state index in [-0.39, 0.29) is 25.0 Å². The van der Waals surface area contributed by atoms with E-state index in [1.165, 1.54) is 0 Å². The largest absolute Gasteiger partial charge is 0.394 e. The van der Waals surface area contributed by atoms with Crippen LogP contribution < -0.4 is 10.6 Å². The lowest BCUT2D eigenvalue weighted by atomic mass is 9.85. The molecule has 2 aliphatic rings. The number of benzene rings is 4. The minimum Gasteiger partial charge on any atom is -0.394 e. The third kappa shape index (κ3) is 10.9. The van der Waals surface area contributed by atoms with Gasteiger partial charge in [-0.25, -0.2) is 9.36 Å². The van der Waals surface area contributed by atoms with Crippen LogP contribution in [0.15, 0.2) is 129 Å². The summed E-state index contributed by atoms with van der Waals surface area (Å²) in [5.41, 5.74) is 8.65. The molecule has 4 aromatic carbocycles. The third-order valence-corrected chi connectivity index (χ3v) is 16.8. The van der Waals surface area contributed by atoms with Crippen molar-refractivity contribution < 1.29 is 19.8 Å². The Balaban J connectivity index is 0.000000174. The molecule has 4 N–H and O–H groups in total. The standard InChI is InChI=1S/2C26H22BrCl2N3O2S/c2*27-23-12-11-22(35-23)25-17-7-4-8-18(26(34)30-20(14-33)15-5-2-1-3-6-15)24(17)31-32(25)21-10-9-16(28)13-19(21)29/h2*1-3,5-6,9-13,18,20,33H,4,7-8,14H2,(H,30,34)/t18-,20+;18-,20-/m10/s1. The monoisotopic (exact) mass is 1180 g/mol. The number of hydrogen-bond acceptors (Lipinski definition) is 8. The molecule has 0 spiro atoms. The van der Waals surface area contributed by atoms with Gasteiger partial charge in [0.05, 0.1) is 98.7 Å². The quantitative estimate of drug-likeness (QED) is 0.0963. The average Bonchev–Trinajstić information content (AvgIpc) is 4.17. The Kier molecular flexibility index (Phi) is 16.4. The van der Waals surface area contributed by atoms with Crippen LogP contribution in [0.1, 0.15) is 83.2 Å². The van der Waals surface area contributed by atoms with E-state index in [0.717, 1.165) is 88.0 Å². The minimum absolute atomic E-state index is 0.139. The average molecular weight is 1180 g/mol. The highest BCUT2D eigenvalue weighted by Crippen LogP contribution is 2.45. The van der Waals surface area contributed by atoms with Gasteiger partial charge in [-0.3, -0.25) is 9.59 Å². The summed E-state index contributed by atoms with van der Waals surface area (Å²) >= 11 is 35.8. The number of nitrogens with zero attached hydrogens (tertiary/aromatic N) is 4. The number of aromatic nitrogens is 4. The van der Waals surface area contributed by atoms with Crippen molar-refractivity contribution in [2.24, 2.45) is 0 Å².